The Labute approximate surface area is 104 Å². The molecule has 0 unspecified atom stereocenters. The third-order valence-electron chi connectivity index (χ3n) is 3.24. The standard InChI is InChI=1S/C15H10O3/c16-11(7-9-3-1-5-12-14(9)17-12)8-10-4-2-6-13-15(10)18-13/h1-6H,7-8H2. The maximum absolute atomic E-state index is 12.0. The molecule has 0 bridgehead atoms. The van der Waals surface area contributed by atoms with Gasteiger partial charge in [0.15, 0.2) is 23.0 Å². The highest BCUT2D eigenvalue weighted by Gasteiger charge is 2.27. The molecule has 0 saturated heterocycles. The molecular weight excluding hydrogens is 228 g/mol. The van der Waals surface area contributed by atoms with Crippen LogP contribution in [0.3, 0.4) is 0 Å². The first-order valence-corrected chi connectivity index (χ1v) is 5.92. The van der Waals surface area contributed by atoms with Gasteiger partial charge in [0.05, 0.1) is 0 Å². The van der Waals surface area contributed by atoms with Crippen LogP contribution in [0, 0.1) is 0 Å². The summed E-state index contributed by atoms with van der Waals surface area (Å²) >= 11 is 0. The number of ketones is 1. The first kappa shape index (κ1) is 9.71. The molecule has 2 aliphatic heterocycles. The Kier molecular flexibility index (Phi) is 1.81. The van der Waals surface area contributed by atoms with Crippen LogP contribution in [0.2, 0.25) is 0 Å². The second-order valence-corrected chi connectivity index (χ2v) is 4.59. The fourth-order valence-electron chi connectivity index (χ4n) is 2.26. The first-order valence-electron chi connectivity index (χ1n) is 5.92. The molecule has 0 atom stereocenters. The van der Waals surface area contributed by atoms with Crippen molar-refractivity contribution >= 4 is 5.78 Å². The zero-order valence-electron chi connectivity index (χ0n) is 9.60. The average Bonchev–Trinajstić information content (AvgIpc) is 3.23. The van der Waals surface area contributed by atoms with Crippen LogP contribution in [0.4, 0.5) is 0 Å². The van der Waals surface area contributed by atoms with E-state index in [4.69, 9.17) is 9.47 Å². The van der Waals surface area contributed by atoms with Gasteiger partial charge in [-0.1, -0.05) is 24.3 Å². The molecule has 0 N–H and O–H groups in total. The lowest BCUT2D eigenvalue weighted by molar-refractivity contribution is -0.117. The van der Waals surface area contributed by atoms with Crippen molar-refractivity contribution in [3.05, 3.63) is 47.5 Å². The first-order chi connectivity index (χ1) is 8.81. The molecule has 2 aromatic rings. The Morgan fingerprint density at radius 2 is 1.33 bits per heavy atom. The summed E-state index contributed by atoms with van der Waals surface area (Å²) in [5.41, 5.74) is 1.96. The van der Waals surface area contributed by atoms with E-state index in [0.717, 1.165) is 34.1 Å². The van der Waals surface area contributed by atoms with Crippen LogP contribution >= 0.6 is 0 Å². The van der Waals surface area contributed by atoms with Crippen molar-refractivity contribution in [2.24, 2.45) is 0 Å². The van der Waals surface area contributed by atoms with E-state index in [0.29, 0.717) is 12.8 Å². The smallest absolute Gasteiger partial charge is 0.173 e. The number of hydrogen-bond acceptors (Lipinski definition) is 3. The van der Waals surface area contributed by atoms with Crippen molar-refractivity contribution in [1.29, 1.82) is 0 Å². The van der Waals surface area contributed by atoms with Crippen molar-refractivity contribution in [1.82, 2.24) is 0 Å². The van der Waals surface area contributed by atoms with Crippen molar-refractivity contribution in [2.75, 3.05) is 0 Å². The zero-order chi connectivity index (χ0) is 12.1. The normalized spacial score (nSPS) is 12.9. The molecule has 0 aromatic heterocycles. The number of Topliss-reactive ketones (excluding diaryl/α,β-unsaturated/α-hetero) is 1. The minimum atomic E-state index is 0.183. The van der Waals surface area contributed by atoms with Gasteiger partial charge >= 0.3 is 0 Å². The van der Waals surface area contributed by atoms with Gasteiger partial charge in [-0.2, -0.15) is 0 Å². The maximum atomic E-state index is 12.0. The van der Waals surface area contributed by atoms with E-state index in [1.54, 1.807) is 0 Å². The Hall–Kier alpha value is -2.29. The molecule has 0 spiro atoms. The van der Waals surface area contributed by atoms with E-state index >= 15 is 0 Å². The Balaban J connectivity index is 1.49. The molecule has 3 heteroatoms. The second-order valence-electron chi connectivity index (χ2n) is 4.59. The number of benzene rings is 2. The predicted octanol–water partition coefficient (Wildman–Crippen LogP) is 3.25. The minimum absolute atomic E-state index is 0.183. The van der Waals surface area contributed by atoms with Crippen LogP contribution in [0.5, 0.6) is 23.0 Å². The topological polar surface area (TPSA) is 42.1 Å². The molecule has 0 aliphatic carbocycles. The largest absolute Gasteiger partial charge is 0.449 e. The van der Waals surface area contributed by atoms with Crippen LogP contribution in [-0.4, -0.2) is 5.78 Å². The molecule has 2 heterocycles. The molecule has 18 heavy (non-hydrogen) atoms. The number of rotatable bonds is 4. The van der Waals surface area contributed by atoms with Crippen molar-refractivity contribution in [3.8, 4) is 23.0 Å². The second kappa shape index (κ2) is 3.35. The summed E-state index contributed by atoms with van der Waals surface area (Å²) in [5, 5.41) is 0. The number of carbonyl (C=O) groups excluding carboxylic acids is 1. The van der Waals surface area contributed by atoms with Gasteiger partial charge in [0.1, 0.15) is 5.78 Å². The van der Waals surface area contributed by atoms with Gasteiger partial charge in [-0.25, -0.2) is 0 Å². The van der Waals surface area contributed by atoms with Crippen LogP contribution < -0.4 is 9.47 Å². The molecule has 0 amide bonds. The predicted molar refractivity (Wildman–Crippen MR) is 65.4 cm³/mol. The van der Waals surface area contributed by atoms with Crippen molar-refractivity contribution < 1.29 is 14.3 Å². The molecule has 0 radical (unpaired) electrons. The van der Waals surface area contributed by atoms with Gasteiger partial charge in [0.25, 0.3) is 0 Å². The van der Waals surface area contributed by atoms with Gasteiger partial charge in [0.2, 0.25) is 0 Å². The van der Waals surface area contributed by atoms with Crippen LogP contribution in [0.1, 0.15) is 11.1 Å². The van der Waals surface area contributed by atoms with Crippen molar-refractivity contribution in [2.45, 2.75) is 12.8 Å². The number of hydrogen-bond donors (Lipinski definition) is 0. The molecular formula is C15H10O3. The average molecular weight is 238 g/mol. The van der Waals surface area contributed by atoms with E-state index in [-0.39, 0.29) is 5.78 Å². The molecule has 4 rings (SSSR count). The number of carbonyl (C=O) groups is 1. The number of para-hydroxylation sites is 2. The lowest BCUT2D eigenvalue weighted by Gasteiger charge is -1.98. The van der Waals surface area contributed by atoms with E-state index < -0.39 is 0 Å². The SMILES string of the molecule is O=C(Cc1cccc2c1O2)Cc1cccc2c1O2. The van der Waals surface area contributed by atoms with E-state index in [2.05, 4.69) is 0 Å². The highest BCUT2D eigenvalue weighted by molar-refractivity contribution is 5.86. The zero-order valence-corrected chi connectivity index (χ0v) is 9.60. The summed E-state index contributed by atoms with van der Waals surface area (Å²) in [5.74, 6) is 3.74. The molecule has 0 fully saturated rings. The molecule has 3 nitrogen and oxygen atoms in total. The van der Waals surface area contributed by atoms with Gasteiger partial charge < -0.3 is 9.47 Å². The van der Waals surface area contributed by atoms with Crippen LogP contribution in [0.15, 0.2) is 36.4 Å². The van der Waals surface area contributed by atoms with Gasteiger partial charge in [-0.15, -0.1) is 0 Å². The Morgan fingerprint density at radius 3 is 1.83 bits per heavy atom. The van der Waals surface area contributed by atoms with Gasteiger partial charge in [-0.05, 0) is 12.1 Å². The summed E-state index contributed by atoms with van der Waals surface area (Å²) in [7, 11) is 0. The molecule has 2 aromatic carbocycles. The third kappa shape index (κ3) is 1.56. The third-order valence-corrected chi connectivity index (χ3v) is 3.24. The fraction of sp³-hybridized carbons (Fsp3) is 0.133. The summed E-state index contributed by atoms with van der Waals surface area (Å²) in [6.45, 7) is 0. The lowest BCUT2D eigenvalue weighted by atomic mass is 10.0. The quantitative estimate of drug-likeness (QED) is 0.512. The van der Waals surface area contributed by atoms with E-state index in [1.165, 1.54) is 0 Å². The lowest BCUT2D eigenvalue weighted by Crippen LogP contribution is -2.05. The molecule has 88 valence electrons. The van der Waals surface area contributed by atoms with E-state index in [1.807, 2.05) is 36.4 Å². The number of ether oxygens (including phenoxy) is 2. The van der Waals surface area contributed by atoms with Gasteiger partial charge in [-0.3, -0.25) is 4.79 Å². The highest BCUT2D eigenvalue weighted by atomic mass is 16.6. The fourth-order valence-corrected chi connectivity index (χ4v) is 2.26. The summed E-state index contributed by atoms with van der Waals surface area (Å²) in [6, 6.07) is 11.5. The summed E-state index contributed by atoms with van der Waals surface area (Å²) in [4.78, 5) is 12.0. The highest BCUT2D eigenvalue weighted by Crippen LogP contribution is 2.49. The number of fused-ring (bicyclic) bond motifs is 2. The summed E-state index contributed by atoms with van der Waals surface area (Å²) in [6.07, 6.45) is 0.847. The summed E-state index contributed by atoms with van der Waals surface area (Å²) < 4.78 is 10.6. The minimum Gasteiger partial charge on any atom is -0.449 e. The van der Waals surface area contributed by atoms with E-state index in [9.17, 15) is 4.79 Å². The van der Waals surface area contributed by atoms with Crippen LogP contribution in [0.25, 0.3) is 0 Å². The van der Waals surface area contributed by atoms with Gasteiger partial charge in [0, 0.05) is 24.0 Å². The monoisotopic (exact) mass is 238 g/mol. The Morgan fingerprint density at radius 1 is 0.833 bits per heavy atom. The maximum Gasteiger partial charge on any atom is 0.173 e. The molecule has 2 aliphatic rings. The molecule has 0 saturated carbocycles. The van der Waals surface area contributed by atoms with Crippen LogP contribution in [-0.2, 0) is 17.6 Å². The van der Waals surface area contributed by atoms with Crippen molar-refractivity contribution in [3.63, 3.8) is 0 Å². The Bertz CT molecular complexity index is 616.